The van der Waals surface area contributed by atoms with Gasteiger partial charge in [-0.05, 0) is 37.9 Å². The number of nitrogens with one attached hydrogen (secondary N) is 1. The smallest absolute Gasteiger partial charge is 0.358 e. The standard InChI is InChI=1S/C16H21N3O3/c1-21-12-5-7-19-13(9-12)15(16(20)22-2)18-14(19)8-11-4-3-6-17-10-11/h5,7,9,11,17H,3-4,6,8,10H2,1-2H3. The Morgan fingerprint density at radius 3 is 3.05 bits per heavy atom. The summed E-state index contributed by atoms with van der Waals surface area (Å²) in [4.78, 5) is 16.5. The summed E-state index contributed by atoms with van der Waals surface area (Å²) in [6.07, 6.45) is 5.12. The first-order chi connectivity index (χ1) is 10.7. The van der Waals surface area contributed by atoms with Gasteiger partial charge in [-0.3, -0.25) is 0 Å². The summed E-state index contributed by atoms with van der Waals surface area (Å²) in [5.74, 6) is 1.72. The maximum Gasteiger partial charge on any atom is 0.358 e. The normalized spacial score (nSPS) is 18.4. The van der Waals surface area contributed by atoms with Gasteiger partial charge in [0.2, 0.25) is 0 Å². The van der Waals surface area contributed by atoms with Crippen molar-refractivity contribution in [2.45, 2.75) is 19.3 Å². The zero-order chi connectivity index (χ0) is 15.5. The summed E-state index contributed by atoms with van der Waals surface area (Å²) in [5.41, 5.74) is 1.07. The lowest BCUT2D eigenvalue weighted by Gasteiger charge is -2.22. The van der Waals surface area contributed by atoms with Gasteiger partial charge in [0.05, 0.1) is 19.7 Å². The van der Waals surface area contributed by atoms with Crippen LogP contribution in [0.3, 0.4) is 0 Å². The van der Waals surface area contributed by atoms with Gasteiger partial charge >= 0.3 is 5.97 Å². The zero-order valence-electron chi connectivity index (χ0n) is 13.0. The molecule has 1 fully saturated rings. The molecular weight excluding hydrogens is 282 g/mol. The quantitative estimate of drug-likeness (QED) is 0.871. The molecule has 0 amide bonds. The van der Waals surface area contributed by atoms with E-state index in [1.165, 1.54) is 20.0 Å². The van der Waals surface area contributed by atoms with Crippen LogP contribution in [0.5, 0.6) is 5.75 Å². The highest BCUT2D eigenvalue weighted by Crippen LogP contribution is 2.23. The highest BCUT2D eigenvalue weighted by atomic mass is 16.5. The number of ether oxygens (including phenoxy) is 2. The second kappa shape index (κ2) is 6.36. The van der Waals surface area contributed by atoms with Gasteiger partial charge in [-0.15, -0.1) is 0 Å². The first kappa shape index (κ1) is 14.8. The topological polar surface area (TPSA) is 64.9 Å². The zero-order valence-corrected chi connectivity index (χ0v) is 13.0. The second-order valence-electron chi connectivity index (χ2n) is 5.61. The fraction of sp³-hybridized carbons (Fsp3) is 0.500. The van der Waals surface area contributed by atoms with Gasteiger partial charge in [0.15, 0.2) is 5.69 Å². The van der Waals surface area contributed by atoms with Crippen LogP contribution in [0.1, 0.15) is 29.2 Å². The van der Waals surface area contributed by atoms with Crippen molar-refractivity contribution in [2.24, 2.45) is 5.92 Å². The molecule has 1 aliphatic rings. The van der Waals surface area contributed by atoms with Crippen LogP contribution in [0.2, 0.25) is 0 Å². The van der Waals surface area contributed by atoms with Gasteiger partial charge in [-0.1, -0.05) is 0 Å². The van der Waals surface area contributed by atoms with Gasteiger partial charge in [0.25, 0.3) is 0 Å². The molecule has 0 aromatic carbocycles. The lowest BCUT2D eigenvalue weighted by atomic mass is 9.96. The van der Waals surface area contributed by atoms with E-state index in [9.17, 15) is 4.79 Å². The molecule has 1 saturated heterocycles. The van der Waals surface area contributed by atoms with Crippen molar-refractivity contribution in [3.05, 3.63) is 29.8 Å². The number of rotatable bonds is 4. The molecule has 118 valence electrons. The van der Waals surface area contributed by atoms with Crippen LogP contribution in [0.25, 0.3) is 5.52 Å². The number of nitrogens with zero attached hydrogens (tertiary/aromatic N) is 2. The van der Waals surface area contributed by atoms with E-state index in [2.05, 4.69) is 10.3 Å². The third-order valence-corrected chi connectivity index (χ3v) is 4.17. The summed E-state index contributed by atoms with van der Waals surface area (Å²) in [7, 11) is 2.98. The largest absolute Gasteiger partial charge is 0.497 e. The number of carbonyl (C=O) groups excluding carboxylic acids is 1. The van der Waals surface area contributed by atoms with Crippen LogP contribution in [-0.4, -0.2) is 42.7 Å². The predicted molar refractivity (Wildman–Crippen MR) is 82.4 cm³/mol. The monoisotopic (exact) mass is 303 g/mol. The lowest BCUT2D eigenvalue weighted by molar-refractivity contribution is 0.0596. The number of methoxy groups -OCH3 is 2. The lowest BCUT2D eigenvalue weighted by Crippen LogP contribution is -2.31. The Bertz CT molecular complexity index is 675. The molecule has 3 rings (SSSR count). The van der Waals surface area contributed by atoms with E-state index in [0.717, 1.165) is 30.9 Å². The molecule has 0 aliphatic carbocycles. The first-order valence-electron chi connectivity index (χ1n) is 7.57. The molecule has 0 saturated carbocycles. The minimum atomic E-state index is -0.418. The van der Waals surface area contributed by atoms with Crippen LogP contribution >= 0.6 is 0 Å². The summed E-state index contributed by atoms with van der Waals surface area (Å²) < 4.78 is 12.1. The van der Waals surface area contributed by atoms with Crippen LogP contribution < -0.4 is 10.1 Å². The van der Waals surface area contributed by atoms with Gasteiger partial charge in [-0.2, -0.15) is 0 Å². The third kappa shape index (κ3) is 2.78. The number of imidazole rings is 1. The minimum Gasteiger partial charge on any atom is -0.497 e. The number of esters is 1. The van der Waals surface area contributed by atoms with Crippen molar-refractivity contribution in [1.82, 2.24) is 14.7 Å². The fourth-order valence-corrected chi connectivity index (χ4v) is 3.00. The number of hydrogen-bond acceptors (Lipinski definition) is 5. The first-order valence-corrected chi connectivity index (χ1v) is 7.57. The van der Waals surface area contributed by atoms with E-state index in [-0.39, 0.29) is 0 Å². The molecule has 2 aromatic rings. The van der Waals surface area contributed by atoms with E-state index < -0.39 is 5.97 Å². The second-order valence-corrected chi connectivity index (χ2v) is 5.61. The van der Waals surface area contributed by atoms with Crippen LogP contribution in [0.4, 0.5) is 0 Å². The van der Waals surface area contributed by atoms with Gasteiger partial charge < -0.3 is 19.2 Å². The Morgan fingerprint density at radius 1 is 1.50 bits per heavy atom. The molecule has 6 nitrogen and oxygen atoms in total. The molecule has 1 aliphatic heterocycles. The number of piperidine rings is 1. The Labute approximate surface area is 129 Å². The number of fused-ring (bicyclic) bond motifs is 1. The number of carbonyl (C=O) groups is 1. The minimum absolute atomic E-state index is 0.347. The number of pyridine rings is 1. The molecular formula is C16H21N3O3. The molecule has 0 spiro atoms. The molecule has 1 atom stereocenters. The highest BCUT2D eigenvalue weighted by molar-refractivity contribution is 5.95. The number of hydrogen-bond donors (Lipinski definition) is 1. The van der Waals surface area contributed by atoms with Crippen molar-refractivity contribution in [3.63, 3.8) is 0 Å². The molecule has 22 heavy (non-hydrogen) atoms. The molecule has 3 heterocycles. The molecule has 6 heteroatoms. The summed E-state index contributed by atoms with van der Waals surface area (Å²) in [6, 6.07) is 3.69. The van der Waals surface area contributed by atoms with Gasteiger partial charge in [0.1, 0.15) is 11.6 Å². The Hall–Kier alpha value is -2.08. The van der Waals surface area contributed by atoms with E-state index in [1.54, 1.807) is 7.11 Å². The summed E-state index contributed by atoms with van der Waals surface area (Å²) in [5, 5.41) is 3.41. The molecule has 2 aromatic heterocycles. The summed E-state index contributed by atoms with van der Waals surface area (Å²) >= 11 is 0. The van der Waals surface area contributed by atoms with E-state index in [0.29, 0.717) is 17.4 Å². The SMILES string of the molecule is COC(=O)c1nc(CC2CCCNC2)n2ccc(OC)cc12. The maximum atomic E-state index is 12.0. The molecule has 0 radical (unpaired) electrons. The van der Waals surface area contributed by atoms with E-state index in [4.69, 9.17) is 9.47 Å². The van der Waals surface area contributed by atoms with Gasteiger partial charge in [0, 0.05) is 18.7 Å². The van der Waals surface area contributed by atoms with Crippen LogP contribution in [0.15, 0.2) is 18.3 Å². The van der Waals surface area contributed by atoms with Crippen LogP contribution in [0, 0.1) is 5.92 Å². The average Bonchev–Trinajstić information content (AvgIpc) is 2.93. The average molecular weight is 303 g/mol. The Balaban J connectivity index is 2.00. The maximum absolute atomic E-state index is 12.0. The molecule has 1 N–H and O–H groups in total. The van der Waals surface area contributed by atoms with E-state index >= 15 is 0 Å². The molecule has 1 unspecified atom stereocenters. The highest BCUT2D eigenvalue weighted by Gasteiger charge is 2.22. The third-order valence-electron chi connectivity index (χ3n) is 4.17. The van der Waals surface area contributed by atoms with Crippen molar-refractivity contribution in [2.75, 3.05) is 27.3 Å². The number of aromatic nitrogens is 2. The fourth-order valence-electron chi connectivity index (χ4n) is 3.00. The Morgan fingerprint density at radius 2 is 2.36 bits per heavy atom. The van der Waals surface area contributed by atoms with Crippen molar-refractivity contribution < 1.29 is 14.3 Å². The predicted octanol–water partition coefficient (Wildman–Crippen LogP) is 1.67. The van der Waals surface area contributed by atoms with Crippen molar-refractivity contribution in [3.8, 4) is 5.75 Å². The van der Waals surface area contributed by atoms with E-state index in [1.807, 2.05) is 22.7 Å². The summed E-state index contributed by atoms with van der Waals surface area (Å²) in [6.45, 7) is 2.09. The Kier molecular flexibility index (Phi) is 4.29. The van der Waals surface area contributed by atoms with Gasteiger partial charge in [-0.25, -0.2) is 9.78 Å². The van der Waals surface area contributed by atoms with Crippen molar-refractivity contribution in [1.29, 1.82) is 0 Å². The van der Waals surface area contributed by atoms with Crippen molar-refractivity contribution >= 4 is 11.5 Å². The molecule has 0 bridgehead atoms. The van der Waals surface area contributed by atoms with Crippen LogP contribution in [-0.2, 0) is 11.2 Å².